The van der Waals surface area contributed by atoms with E-state index in [0.717, 1.165) is 13.0 Å². The third kappa shape index (κ3) is 4.46. The van der Waals surface area contributed by atoms with Crippen LogP contribution in [0.4, 0.5) is 45.2 Å². The molecule has 3 nitrogen and oxygen atoms in total. The molecular weight excluding hydrogens is 409 g/mol. The molecule has 0 aromatic heterocycles. The molecule has 0 saturated carbocycles. The molecule has 0 spiro atoms. The zero-order valence-electron chi connectivity index (χ0n) is 15.0. The van der Waals surface area contributed by atoms with Crippen molar-refractivity contribution in [2.24, 2.45) is 0 Å². The van der Waals surface area contributed by atoms with E-state index >= 15 is 0 Å². The van der Waals surface area contributed by atoms with E-state index in [2.05, 4.69) is 4.74 Å². The number of hydrogen-bond donors (Lipinski definition) is 1. The Morgan fingerprint density at radius 2 is 1.39 bits per heavy atom. The summed E-state index contributed by atoms with van der Waals surface area (Å²) >= 11 is 0. The number of alkyl halides is 9. The minimum atomic E-state index is -6.94. The molecule has 0 aliphatic rings. The fraction of sp³-hybridized carbons (Fsp3) is 0.562. The molecule has 1 N–H and O–H groups in total. The number of ether oxygens (including phenoxy) is 1. The second-order valence-electron chi connectivity index (χ2n) is 6.91. The van der Waals surface area contributed by atoms with Crippen LogP contribution in [0.2, 0.25) is 0 Å². The van der Waals surface area contributed by atoms with Gasteiger partial charge in [0.15, 0.2) is 0 Å². The Kier molecular flexibility index (Phi) is 6.00. The van der Waals surface area contributed by atoms with E-state index in [1.165, 1.54) is 6.07 Å². The van der Waals surface area contributed by atoms with E-state index in [1.807, 2.05) is 5.32 Å². The lowest BCUT2D eigenvalue weighted by Crippen LogP contribution is -2.65. The molecule has 1 amide bonds. The van der Waals surface area contributed by atoms with Crippen molar-refractivity contribution < 1.29 is 49.0 Å². The minimum absolute atomic E-state index is 0.122. The van der Waals surface area contributed by atoms with E-state index < -0.39 is 46.9 Å². The molecular formula is C16H16F9NO2. The van der Waals surface area contributed by atoms with Gasteiger partial charge < -0.3 is 10.1 Å². The molecule has 0 unspecified atom stereocenters. The largest absolute Gasteiger partial charge is 0.467 e. The number of anilines is 1. The molecule has 0 aliphatic heterocycles. The molecule has 0 fully saturated rings. The van der Waals surface area contributed by atoms with Gasteiger partial charge in [0.05, 0.1) is 5.69 Å². The first kappa shape index (κ1) is 23.9. The Morgan fingerprint density at radius 3 is 1.75 bits per heavy atom. The van der Waals surface area contributed by atoms with Gasteiger partial charge in [0.2, 0.25) is 5.91 Å². The number of carbonyl (C=O) groups excluding carboxylic acids is 1. The number of amides is 1. The van der Waals surface area contributed by atoms with Crippen molar-refractivity contribution in [3.8, 4) is 5.75 Å². The van der Waals surface area contributed by atoms with E-state index in [0.29, 0.717) is 6.07 Å². The Labute approximate surface area is 153 Å². The Bertz CT molecular complexity index is 735. The van der Waals surface area contributed by atoms with Crippen molar-refractivity contribution in [1.82, 2.24) is 0 Å². The lowest BCUT2D eigenvalue weighted by atomic mass is 9.87. The quantitative estimate of drug-likeness (QED) is 0.625. The van der Waals surface area contributed by atoms with Crippen LogP contribution >= 0.6 is 0 Å². The first-order valence-electron chi connectivity index (χ1n) is 7.55. The van der Waals surface area contributed by atoms with Gasteiger partial charge in [-0.05, 0) is 23.1 Å². The number of carbonyl (C=O) groups is 1. The highest BCUT2D eigenvalue weighted by Gasteiger charge is 2.84. The van der Waals surface area contributed by atoms with Gasteiger partial charge >= 0.3 is 24.1 Å². The zero-order valence-corrected chi connectivity index (χ0v) is 15.0. The van der Waals surface area contributed by atoms with Gasteiger partial charge in [0, 0.05) is 6.92 Å². The summed E-state index contributed by atoms with van der Waals surface area (Å²) in [7, 11) is 0. The summed E-state index contributed by atoms with van der Waals surface area (Å²) in [5, 5.41) is 1.89. The van der Waals surface area contributed by atoms with Crippen LogP contribution in [0.15, 0.2) is 18.2 Å². The lowest BCUT2D eigenvalue weighted by Gasteiger charge is -2.36. The zero-order chi connectivity index (χ0) is 22.3. The summed E-state index contributed by atoms with van der Waals surface area (Å²) in [6.07, 6.45) is -13.7. The van der Waals surface area contributed by atoms with E-state index in [9.17, 15) is 44.3 Å². The third-order valence-electron chi connectivity index (χ3n) is 3.53. The summed E-state index contributed by atoms with van der Waals surface area (Å²) < 4.78 is 121. The summed E-state index contributed by atoms with van der Waals surface area (Å²) in [6, 6.07) is 2.81. The standard InChI is InChI=1S/C16H16F9NO2/c1-8(27)26-10-6-5-9(12(2,3)4)7-11(10)28-14(19,16(23,24)25)13(17,18)15(20,21)22/h5-7H,1-4H3,(H,26,27)/t14-/m0/s1. The normalized spacial score (nSPS) is 15.8. The highest BCUT2D eigenvalue weighted by atomic mass is 19.4. The smallest absolute Gasteiger partial charge is 0.443 e. The molecule has 0 radical (unpaired) electrons. The molecule has 0 heterocycles. The van der Waals surface area contributed by atoms with Crippen LogP contribution in [0, 0.1) is 0 Å². The van der Waals surface area contributed by atoms with Crippen LogP contribution < -0.4 is 10.1 Å². The van der Waals surface area contributed by atoms with Crippen molar-refractivity contribution in [3.05, 3.63) is 23.8 Å². The number of rotatable bonds is 4. The Hall–Kier alpha value is -2.14. The molecule has 1 aromatic carbocycles. The summed E-state index contributed by atoms with van der Waals surface area (Å²) in [5.74, 6) is -15.6. The monoisotopic (exact) mass is 425 g/mol. The third-order valence-corrected chi connectivity index (χ3v) is 3.53. The van der Waals surface area contributed by atoms with Gasteiger partial charge in [0.25, 0.3) is 0 Å². The highest BCUT2D eigenvalue weighted by molar-refractivity contribution is 5.90. The van der Waals surface area contributed by atoms with Crippen LogP contribution in [-0.4, -0.2) is 30.0 Å². The van der Waals surface area contributed by atoms with Gasteiger partial charge in [-0.3, -0.25) is 4.79 Å². The number of benzene rings is 1. The van der Waals surface area contributed by atoms with Crippen LogP contribution in [0.5, 0.6) is 5.75 Å². The first-order chi connectivity index (χ1) is 12.2. The van der Waals surface area contributed by atoms with Gasteiger partial charge in [-0.1, -0.05) is 26.8 Å². The fourth-order valence-electron chi connectivity index (χ4n) is 2.00. The number of nitrogens with one attached hydrogen (secondary N) is 1. The lowest BCUT2D eigenvalue weighted by molar-refractivity contribution is -0.431. The van der Waals surface area contributed by atoms with Crippen molar-refractivity contribution in [2.75, 3.05) is 5.32 Å². The van der Waals surface area contributed by atoms with Gasteiger partial charge in [-0.25, -0.2) is 0 Å². The molecule has 28 heavy (non-hydrogen) atoms. The summed E-state index contributed by atoms with van der Waals surface area (Å²) in [4.78, 5) is 11.2. The minimum Gasteiger partial charge on any atom is -0.443 e. The maximum atomic E-state index is 14.3. The van der Waals surface area contributed by atoms with Crippen molar-refractivity contribution >= 4 is 11.6 Å². The Balaban J connectivity index is 3.68. The molecule has 1 rings (SSSR count). The van der Waals surface area contributed by atoms with Gasteiger partial charge in [-0.15, -0.1) is 0 Å². The van der Waals surface area contributed by atoms with Crippen molar-refractivity contribution in [2.45, 2.75) is 57.2 Å². The maximum Gasteiger partial charge on any atom is 0.467 e. The SMILES string of the molecule is CC(=O)Nc1ccc(C(C)(C)C)cc1O[C@](F)(C(F)(F)F)C(F)(F)C(F)(F)F. The average molecular weight is 425 g/mol. The van der Waals surface area contributed by atoms with E-state index in [4.69, 9.17) is 0 Å². The fourth-order valence-corrected chi connectivity index (χ4v) is 2.00. The topological polar surface area (TPSA) is 38.3 Å². The molecule has 0 saturated heterocycles. The number of halogens is 9. The van der Waals surface area contributed by atoms with Gasteiger partial charge in [-0.2, -0.15) is 39.5 Å². The van der Waals surface area contributed by atoms with Crippen LogP contribution in [0.3, 0.4) is 0 Å². The molecule has 1 atom stereocenters. The summed E-state index contributed by atoms with van der Waals surface area (Å²) in [6.45, 7) is 5.51. The van der Waals surface area contributed by atoms with Gasteiger partial charge in [0.1, 0.15) is 5.75 Å². The second kappa shape index (κ2) is 7.03. The van der Waals surface area contributed by atoms with Crippen LogP contribution in [-0.2, 0) is 10.2 Å². The summed E-state index contributed by atoms with van der Waals surface area (Å²) in [5.41, 5.74) is -1.42. The molecule has 1 aromatic rings. The molecule has 0 aliphatic carbocycles. The predicted octanol–water partition coefficient (Wildman–Crippen LogP) is 5.75. The van der Waals surface area contributed by atoms with E-state index in [1.54, 1.807) is 20.8 Å². The molecule has 12 heteroatoms. The predicted molar refractivity (Wildman–Crippen MR) is 81.0 cm³/mol. The molecule has 0 bridgehead atoms. The van der Waals surface area contributed by atoms with Crippen LogP contribution in [0.1, 0.15) is 33.3 Å². The van der Waals surface area contributed by atoms with Crippen molar-refractivity contribution in [1.29, 1.82) is 0 Å². The maximum absolute atomic E-state index is 14.3. The van der Waals surface area contributed by atoms with Crippen LogP contribution in [0.25, 0.3) is 0 Å². The Morgan fingerprint density at radius 1 is 0.893 bits per heavy atom. The highest BCUT2D eigenvalue weighted by Crippen LogP contribution is 2.54. The first-order valence-corrected chi connectivity index (χ1v) is 7.55. The second-order valence-corrected chi connectivity index (χ2v) is 6.91. The van der Waals surface area contributed by atoms with E-state index in [-0.39, 0.29) is 5.56 Å². The van der Waals surface area contributed by atoms with Crippen molar-refractivity contribution in [3.63, 3.8) is 0 Å². The number of hydrogen-bond acceptors (Lipinski definition) is 2. The molecule has 160 valence electrons. The average Bonchev–Trinajstić information content (AvgIpc) is 2.44.